The van der Waals surface area contributed by atoms with Crippen molar-refractivity contribution in [2.24, 2.45) is 10.8 Å². The molecule has 0 radical (unpaired) electrons. The van der Waals surface area contributed by atoms with Gasteiger partial charge in [-0.1, -0.05) is 0 Å². The van der Waals surface area contributed by atoms with E-state index >= 15 is 0 Å². The second kappa shape index (κ2) is 9.75. The highest BCUT2D eigenvalue weighted by Crippen LogP contribution is 2.12. The molecule has 5 nitrogen and oxygen atoms in total. The summed E-state index contributed by atoms with van der Waals surface area (Å²) < 4.78 is 5.60. The molecule has 0 spiro atoms. The molecule has 0 heterocycles. The Kier molecular flexibility index (Phi) is 7.77. The molecule has 0 atom stereocenters. The number of nitrogens with one attached hydrogen (secondary N) is 1. The standard InChI is InChI=1S/C14H18N4OS/c15-9-3-1-2-4-10-19-13-7-5-12(6-8-13)11-17-18-14(16)20/h5-8,11H,1-4,10H2,(H3,16,18,20). The Morgan fingerprint density at radius 3 is 2.75 bits per heavy atom. The molecular weight excluding hydrogens is 272 g/mol. The van der Waals surface area contributed by atoms with Crippen molar-refractivity contribution in [1.82, 2.24) is 5.43 Å². The minimum absolute atomic E-state index is 0.137. The molecule has 6 heteroatoms. The minimum atomic E-state index is 0.137. The summed E-state index contributed by atoms with van der Waals surface area (Å²) in [5.41, 5.74) is 8.67. The summed E-state index contributed by atoms with van der Waals surface area (Å²) in [5.74, 6) is 0.824. The van der Waals surface area contributed by atoms with Crippen molar-refractivity contribution < 1.29 is 4.74 Å². The summed E-state index contributed by atoms with van der Waals surface area (Å²) in [6.07, 6.45) is 5.16. The molecule has 106 valence electrons. The van der Waals surface area contributed by atoms with Gasteiger partial charge in [0.25, 0.3) is 0 Å². The lowest BCUT2D eigenvalue weighted by Crippen LogP contribution is -2.23. The first kappa shape index (κ1) is 15.9. The van der Waals surface area contributed by atoms with Crippen molar-refractivity contribution in [1.29, 1.82) is 5.26 Å². The minimum Gasteiger partial charge on any atom is -0.494 e. The van der Waals surface area contributed by atoms with Crippen LogP contribution in [-0.4, -0.2) is 17.9 Å². The van der Waals surface area contributed by atoms with Gasteiger partial charge in [0.05, 0.1) is 18.9 Å². The summed E-state index contributed by atoms with van der Waals surface area (Å²) in [6.45, 7) is 0.669. The molecular formula is C14H18N4OS. The van der Waals surface area contributed by atoms with Gasteiger partial charge in [-0.25, -0.2) is 0 Å². The van der Waals surface area contributed by atoms with Crippen LogP contribution in [0.1, 0.15) is 31.2 Å². The Morgan fingerprint density at radius 1 is 1.35 bits per heavy atom. The zero-order chi connectivity index (χ0) is 14.6. The molecule has 0 saturated carbocycles. The van der Waals surface area contributed by atoms with E-state index < -0.39 is 0 Å². The van der Waals surface area contributed by atoms with E-state index in [0.29, 0.717) is 13.0 Å². The first-order valence-corrected chi connectivity index (χ1v) is 6.81. The van der Waals surface area contributed by atoms with E-state index in [1.54, 1.807) is 6.21 Å². The van der Waals surface area contributed by atoms with Crippen molar-refractivity contribution in [3.05, 3.63) is 29.8 Å². The fourth-order valence-corrected chi connectivity index (χ4v) is 1.55. The molecule has 0 bridgehead atoms. The third-order valence-electron chi connectivity index (χ3n) is 2.47. The summed E-state index contributed by atoms with van der Waals surface area (Å²) in [5, 5.41) is 12.4. The number of ether oxygens (including phenoxy) is 1. The number of unbranched alkanes of at least 4 members (excludes halogenated alkanes) is 3. The Balaban J connectivity index is 2.26. The van der Waals surface area contributed by atoms with Gasteiger partial charge < -0.3 is 10.5 Å². The van der Waals surface area contributed by atoms with Crippen molar-refractivity contribution in [2.75, 3.05) is 6.61 Å². The smallest absolute Gasteiger partial charge is 0.184 e. The largest absolute Gasteiger partial charge is 0.494 e. The SMILES string of the molecule is N#CCCCCCOc1ccc(C=NNC(N)=S)cc1. The molecule has 0 amide bonds. The van der Waals surface area contributed by atoms with Crippen LogP contribution < -0.4 is 15.9 Å². The third kappa shape index (κ3) is 7.34. The second-order valence-corrected chi connectivity index (χ2v) is 4.56. The number of thiocarbonyl (C=S) groups is 1. The predicted octanol–water partition coefficient (Wildman–Crippen LogP) is 2.32. The molecule has 0 aliphatic heterocycles. The van der Waals surface area contributed by atoms with Crippen LogP contribution in [0.2, 0.25) is 0 Å². The number of hydrazone groups is 1. The average molecular weight is 290 g/mol. The lowest BCUT2D eigenvalue weighted by atomic mass is 10.2. The quantitative estimate of drug-likeness (QED) is 0.332. The van der Waals surface area contributed by atoms with Gasteiger partial charge in [0.15, 0.2) is 5.11 Å². The fraction of sp³-hybridized carbons (Fsp3) is 0.357. The number of benzene rings is 1. The van der Waals surface area contributed by atoms with Gasteiger partial charge in [0, 0.05) is 6.42 Å². The second-order valence-electron chi connectivity index (χ2n) is 4.12. The van der Waals surface area contributed by atoms with Gasteiger partial charge in [-0.15, -0.1) is 0 Å². The molecule has 0 aliphatic rings. The number of nitrogens with zero attached hydrogens (tertiary/aromatic N) is 2. The van der Waals surface area contributed by atoms with Gasteiger partial charge in [-0.3, -0.25) is 5.43 Å². The molecule has 1 rings (SSSR count). The van der Waals surface area contributed by atoms with Gasteiger partial charge in [0.1, 0.15) is 5.75 Å². The molecule has 3 N–H and O–H groups in total. The molecule has 0 fully saturated rings. The Bertz CT molecular complexity index is 479. The molecule has 20 heavy (non-hydrogen) atoms. The van der Waals surface area contributed by atoms with Crippen molar-refractivity contribution in [3.8, 4) is 11.8 Å². The molecule has 0 unspecified atom stereocenters. The van der Waals surface area contributed by atoms with Crippen molar-refractivity contribution >= 4 is 23.5 Å². The maximum absolute atomic E-state index is 8.41. The highest BCUT2D eigenvalue weighted by molar-refractivity contribution is 7.80. The maximum Gasteiger partial charge on any atom is 0.184 e. The van der Waals surface area contributed by atoms with E-state index in [4.69, 9.17) is 15.7 Å². The van der Waals surface area contributed by atoms with Crippen LogP contribution in [0.4, 0.5) is 0 Å². The first-order valence-electron chi connectivity index (χ1n) is 6.40. The Morgan fingerprint density at radius 2 is 2.10 bits per heavy atom. The van der Waals surface area contributed by atoms with Crippen LogP contribution in [0.5, 0.6) is 5.75 Å². The summed E-state index contributed by atoms with van der Waals surface area (Å²) in [4.78, 5) is 0. The van der Waals surface area contributed by atoms with Gasteiger partial charge >= 0.3 is 0 Å². The topological polar surface area (TPSA) is 83.4 Å². The zero-order valence-electron chi connectivity index (χ0n) is 11.2. The molecule has 1 aromatic carbocycles. The van der Waals surface area contributed by atoms with Crippen LogP contribution in [0, 0.1) is 11.3 Å². The average Bonchev–Trinajstić information content (AvgIpc) is 2.44. The number of hydrogen-bond donors (Lipinski definition) is 2. The molecule has 0 aliphatic carbocycles. The van der Waals surface area contributed by atoms with Gasteiger partial charge in [-0.2, -0.15) is 10.4 Å². The number of nitriles is 1. The highest BCUT2D eigenvalue weighted by Gasteiger charge is 1.95. The maximum atomic E-state index is 8.41. The van der Waals surface area contributed by atoms with Crippen LogP contribution in [0.25, 0.3) is 0 Å². The zero-order valence-corrected chi connectivity index (χ0v) is 12.0. The van der Waals surface area contributed by atoms with E-state index in [0.717, 1.165) is 30.6 Å². The van der Waals surface area contributed by atoms with E-state index in [1.165, 1.54) is 0 Å². The van der Waals surface area contributed by atoms with Crippen LogP contribution in [-0.2, 0) is 0 Å². The lowest BCUT2D eigenvalue weighted by molar-refractivity contribution is 0.305. The number of rotatable bonds is 8. The Labute approximate surface area is 124 Å². The van der Waals surface area contributed by atoms with Gasteiger partial charge in [0.2, 0.25) is 0 Å². The Hall–Kier alpha value is -2.13. The molecule has 1 aromatic rings. The van der Waals surface area contributed by atoms with E-state index in [2.05, 4.69) is 28.8 Å². The fourth-order valence-electron chi connectivity index (χ4n) is 1.49. The lowest BCUT2D eigenvalue weighted by Gasteiger charge is -2.05. The molecule has 0 aromatic heterocycles. The summed E-state index contributed by atoms with van der Waals surface area (Å²) >= 11 is 4.63. The predicted molar refractivity (Wildman–Crippen MR) is 83.5 cm³/mol. The van der Waals surface area contributed by atoms with E-state index in [1.807, 2.05) is 24.3 Å². The monoisotopic (exact) mass is 290 g/mol. The molecule has 0 saturated heterocycles. The summed E-state index contributed by atoms with van der Waals surface area (Å²) in [7, 11) is 0. The van der Waals surface area contributed by atoms with E-state index in [9.17, 15) is 0 Å². The first-order chi connectivity index (χ1) is 9.72. The number of hydrogen-bond acceptors (Lipinski definition) is 4. The normalized spacial score (nSPS) is 10.2. The van der Waals surface area contributed by atoms with Crippen molar-refractivity contribution in [2.45, 2.75) is 25.7 Å². The van der Waals surface area contributed by atoms with Crippen LogP contribution in [0.3, 0.4) is 0 Å². The van der Waals surface area contributed by atoms with Gasteiger partial charge in [-0.05, 0) is 61.3 Å². The third-order valence-corrected chi connectivity index (χ3v) is 2.56. The van der Waals surface area contributed by atoms with Crippen LogP contribution >= 0.6 is 12.2 Å². The van der Waals surface area contributed by atoms with Crippen LogP contribution in [0.15, 0.2) is 29.4 Å². The highest BCUT2D eigenvalue weighted by atomic mass is 32.1. The number of nitrogens with two attached hydrogens (primary N) is 1. The summed E-state index contributed by atoms with van der Waals surface area (Å²) in [6, 6.07) is 9.70. The van der Waals surface area contributed by atoms with Crippen molar-refractivity contribution in [3.63, 3.8) is 0 Å². The van der Waals surface area contributed by atoms with E-state index in [-0.39, 0.29) is 5.11 Å².